The van der Waals surface area contributed by atoms with Gasteiger partial charge in [-0.05, 0) is 94.4 Å². The van der Waals surface area contributed by atoms with Gasteiger partial charge in [0, 0.05) is 34.9 Å². The van der Waals surface area contributed by atoms with Gasteiger partial charge >= 0.3 is 12.4 Å². The van der Waals surface area contributed by atoms with Crippen molar-refractivity contribution in [3.05, 3.63) is 93.0 Å². The molecule has 2 amide bonds. The van der Waals surface area contributed by atoms with Crippen molar-refractivity contribution in [3.63, 3.8) is 0 Å². The smallest absolute Gasteiger partial charge is 0.346 e. The standard InChI is InChI=1S/C46H45ClF10N8O6S2/c1-22(2)37(62(5)6)42(67)65(73(8,70)71)41-35-31(47)12-11-28(38(35)64(61-41)21-44(50,51)52)27-10-9-26(13-14-43(3,4)72(7,68)69)58-36(27)32(17-23-15-24(48)18-25(49)16-23)59-33(66)20-63-40-34(39(60-63)46(55,56)57)29-19-30(29)45(40,53)54/h9-12,15-16,18,22,29-30,32,37H,17,19-21H2,1-8H3,(H,59,66)/t29-,30+,32-,37?/m0/s1. The number of fused-ring (bicyclic) bond motifs is 4. The Morgan fingerprint density at radius 1 is 0.932 bits per heavy atom. The monoisotopic (exact) mass is 1090 g/mol. The Balaban J connectivity index is 1.51. The van der Waals surface area contributed by atoms with Gasteiger partial charge in [-0.15, -0.1) is 0 Å². The zero-order valence-corrected chi connectivity index (χ0v) is 42.2. The molecule has 0 spiro atoms. The first-order chi connectivity index (χ1) is 33.4. The summed E-state index contributed by atoms with van der Waals surface area (Å²) < 4.78 is 199. The van der Waals surface area contributed by atoms with Crippen LogP contribution >= 0.6 is 11.6 Å². The number of halogens is 11. The van der Waals surface area contributed by atoms with Crippen molar-refractivity contribution in [1.82, 2.24) is 34.8 Å². The molecule has 4 atom stereocenters. The quantitative estimate of drug-likeness (QED) is 0.0846. The molecule has 1 fully saturated rings. The third kappa shape index (κ3) is 10.9. The number of nitrogens with one attached hydrogen (secondary N) is 1. The third-order valence-electron chi connectivity index (χ3n) is 12.5. The van der Waals surface area contributed by atoms with Crippen LogP contribution in [0.15, 0.2) is 42.5 Å². The highest BCUT2D eigenvalue weighted by Gasteiger charge is 2.68. The molecule has 3 aromatic heterocycles. The maximum absolute atomic E-state index is 15.6. The van der Waals surface area contributed by atoms with E-state index in [0.29, 0.717) is 17.0 Å². The molecule has 1 N–H and O–H groups in total. The fourth-order valence-electron chi connectivity index (χ4n) is 9.05. The van der Waals surface area contributed by atoms with Crippen LogP contribution in [0.3, 0.4) is 0 Å². The van der Waals surface area contributed by atoms with Crippen LogP contribution in [0.25, 0.3) is 22.0 Å². The number of benzene rings is 2. The van der Waals surface area contributed by atoms with E-state index < -0.39 is 160 Å². The molecule has 14 nitrogen and oxygen atoms in total. The molecule has 1 saturated carbocycles. The van der Waals surface area contributed by atoms with Crippen LogP contribution in [0.4, 0.5) is 49.7 Å². The molecule has 1 unspecified atom stereocenters. The van der Waals surface area contributed by atoms with Crippen molar-refractivity contribution in [3.8, 4) is 23.0 Å². The topological polar surface area (TPSA) is 169 Å². The molecule has 3 heterocycles. The van der Waals surface area contributed by atoms with E-state index in [1.54, 1.807) is 13.8 Å². The molecule has 27 heteroatoms. The van der Waals surface area contributed by atoms with Crippen LogP contribution in [-0.4, -0.2) is 102 Å². The Bertz CT molecular complexity index is 3340. The predicted octanol–water partition coefficient (Wildman–Crippen LogP) is 8.17. The number of sulfonamides is 1. The van der Waals surface area contributed by atoms with Gasteiger partial charge in [0.25, 0.3) is 11.8 Å². The first kappa shape index (κ1) is 55.0. The summed E-state index contributed by atoms with van der Waals surface area (Å²) in [5.74, 6) is -7.53. The second-order valence-electron chi connectivity index (χ2n) is 19.0. The van der Waals surface area contributed by atoms with Crippen molar-refractivity contribution in [1.29, 1.82) is 0 Å². The number of aromatic nitrogens is 5. The highest BCUT2D eigenvalue weighted by molar-refractivity contribution is 7.93. The lowest BCUT2D eigenvalue weighted by Gasteiger charge is -2.30. The summed E-state index contributed by atoms with van der Waals surface area (Å²) in [7, 11) is -5.73. The minimum absolute atomic E-state index is 0.205. The number of carbonyl (C=O) groups is 2. The van der Waals surface area contributed by atoms with E-state index in [2.05, 4.69) is 32.3 Å². The number of alkyl halides is 8. The molecule has 73 heavy (non-hydrogen) atoms. The van der Waals surface area contributed by atoms with E-state index in [1.807, 2.05) is 0 Å². The van der Waals surface area contributed by atoms with Gasteiger partial charge in [0.15, 0.2) is 21.3 Å². The Morgan fingerprint density at radius 2 is 1.55 bits per heavy atom. The first-order valence-corrected chi connectivity index (χ1v) is 26.1. The number of amides is 2. The van der Waals surface area contributed by atoms with Crippen molar-refractivity contribution >= 4 is 60.0 Å². The zero-order valence-electron chi connectivity index (χ0n) is 39.8. The number of likely N-dealkylation sites (N-methyl/N-ethyl adjacent to an activating group) is 1. The number of nitrogens with zero attached hydrogens (tertiary/aromatic N) is 7. The number of carbonyl (C=O) groups excluding carboxylic acids is 2. The largest absolute Gasteiger partial charge is 0.435 e. The summed E-state index contributed by atoms with van der Waals surface area (Å²) in [6.45, 7) is 2.44. The van der Waals surface area contributed by atoms with E-state index in [4.69, 9.17) is 11.6 Å². The normalized spacial score (nSPS) is 17.5. The van der Waals surface area contributed by atoms with Gasteiger partial charge in [-0.2, -0.15) is 49.6 Å². The highest BCUT2D eigenvalue weighted by atomic mass is 35.5. The minimum Gasteiger partial charge on any atom is -0.346 e. The lowest BCUT2D eigenvalue weighted by Crippen LogP contribution is -2.51. The Hall–Kier alpha value is -5.78. The van der Waals surface area contributed by atoms with Gasteiger partial charge in [0.2, 0.25) is 15.9 Å². The zero-order chi connectivity index (χ0) is 54.5. The summed E-state index contributed by atoms with van der Waals surface area (Å²) in [5, 5.41) is 8.95. The SMILES string of the molecule is CC(C)C(C(=O)N(c1nn(CC(F)(F)F)c2c(-c3ccc(C#CC(C)(C)S(C)(=O)=O)nc3[C@H](Cc3cc(F)cc(F)c3)NC(=O)Cn3nc(C(F)(F)F)c4c3C(F)(F)[C@@H]3C[C@H]43)ccc(Cl)c12)S(C)(=O)=O)N(C)C. The van der Waals surface area contributed by atoms with E-state index in [-0.39, 0.29) is 37.8 Å². The number of sulfone groups is 1. The van der Waals surface area contributed by atoms with E-state index >= 15 is 8.78 Å². The fourth-order valence-corrected chi connectivity index (χ4v) is 10.4. The maximum Gasteiger partial charge on any atom is 0.435 e. The molecule has 2 aromatic carbocycles. The molecule has 2 aliphatic rings. The second kappa shape index (κ2) is 18.9. The van der Waals surface area contributed by atoms with Crippen molar-refractivity contribution < 1.29 is 70.3 Å². The molecule has 2 aliphatic carbocycles. The van der Waals surface area contributed by atoms with Gasteiger partial charge < -0.3 is 5.32 Å². The minimum atomic E-state index is -5.22. The van der Waals surface area contributed by atoms with Crippen LogP contribution < -0.4 is 9.62 Å². The molecule has 7 rings (SSSR count). The van der Waals surface area contributed by atoms with E-state index in [1.165, 1.54) is 45.0 Å². The average molecular weight is 1100 g/mol. The van der Waals surface area contributed by atoms with Gasteiger partial charge in [0.05, 0.1) is 40.0 Å². The predicted molar refractivity (Wildman–Crippen MR) is 247 cm³/mol. The van der Waals surface area contributed by atoms with Crippen LogP contribution in [0, 0.1) is 35.3 Å². The first-order valence-electron chi connectivity index (χ1n) is 21.9. The van der Waals surface area contributed by atoms with Crippen molar-refractivity contribution in [2.45, 2.75) is 94.6 Å². The van der Waals surface area contributed by atoms with Gasteiger partial charge in [-0.3, -0.25) is 23.9 Å². The lowest BCUT2D eigenvalue weighted by molar-refractivity contribution is -0.143. The Morgan fingerprint density at radius 3 is 2.10 bits per heavy atom. The van der Waals surface area contributed by atoms with Gasteiger partial charge in [-0.1, -0.05) is 37.4 Å². The molecule has 0 aliphatic heterocycles. The van der Waals surface area contributed by atoms with Crippen LogP contribution in [-0.2, 0) is 61.1 Å². The number of anilines is 1. The molecule has 0 saturated heterocycles. The van der Waals surface area contributed by atoms with Gasteiger partial charge in [-0.25, -0.2) is 30.6 Å². The summed E-state index contributed by atoms with van der Waals surface area (Å²) >= 11 is 6.72. The average Bonchev–Trinajstić information content (AvgIpc) is 3.74. The number of hydrogen-bond acceptors (Lipinski definition) is 10. The molecule has 0 radical (unpaired) electrons. The third-order valence-corrected chi connectivity index (χ3v) is 15.8. The van der Waals surface area contributed by atoms with Crippen molar-refractivity contribution in [2.75, 3.05) is 30.9 Å². The number of pyridine rings is 1. The Kier molecular flexibility index (Phi) is 14.2. The fraction of sp³-hybridized carbons (Fsp3) is 0.457. The van der Waals surface area contributed by atoms with E-state index in [0.717, 1.165) is 30.5 Å². The molecular weight excluding hydrogens is 1050 g/mol. The molecular formula is C46H45ClF10N8O6S2. The van der Waals surface area contributed by atoms with Crippen LogP contribution in [0.2, 0.25) is 5.02 Å². The Labute approximate surface area is 417 Å². The van der Waals surface area contributed by atoms with Gasteiger partial charge in [0.1, 0.15) is 40.9 Å². The number of rotatable bonds is 14. The summed E-state index contributed by atoms with van der Waals surface area (Å²) in [4.78, 5) is 34.5. The second-order valence-corrected chi connectivity index (χ2v) is 23.8. The lowest BCUT2D eigenvalue weighted by atomic mass is 9.93. The van der Waals surface area contributed by atoms with E-state index in [9.17, 15) is 61.5 Å². The number of hydrogen-bond donors (Lipinski definition) is 1. The molecule has 5 aromatic rings. The maximum atomic E-state index is 15.6. The highest BCUT2D eigenvalue weighted by Crippen LogP contribution is 2.68. The summed E-state index contributed by atoms with van der Waals surface area (Å²) in [6, 6.07) is 3.78. The van der Waals surface area contributed by atoms with Crippen LogP contribution in [0.5, 0.6) is 0 Å². The van der Waals surface area contributed by atoms with Crippen molar-refractivity contribution in [2.24, 2.45) is 11.8 Å². The summed E-state index contributed by atoms with van der Waals surface area (Å²) in [6.07, 6.45) is -9.78. The summed E-state index contributed by atoms with van der Waals surface area (Å²) in [5.41, 5.74) is -5.68. The molecule has 0 bridgehead atoms. The van der Waals surface area contributed by atoms with Crippen LogP contribution in [0.1, 0.15) is 80.0 Å². The molecule has 394 valence electrons.